The Bertz CT molecular complexity index is 795. The Labute approximate surface area is 148 Å². The van der Waals surface area contributed by atoms with E-state index < -0.39 is 35.8 Å². The van der Waals surface area contributed by atoms with Gasteiger partial charge in [0.05, 0.1) is 6.54 Å². The molecular weight excluding hydrogens is 344 g/mol. The first-order valence-corrected chi connectivity index (χ1v) is 7.90. The van der Waals surface area contributed by atoms with Gasteiger partial charge in [0.2, 0.25) is 11.8 Å². The smallest absolute Gasteiger partial charge is 0.325 e. The van der Waals surface area contributed by atoms with E-state index in [2.05, 4.69) is 10.6 Å². The maximum Gasteiger partial charge on any atom is 0.325 e. The van der Waals surface area contributed by atoms with Gasteiger partial charge >= 0.3 is 6.03 Å². The topological polar surface area (TPSA) is 140 Å². The standard InChI is InChI=1S/C16H18N4O6/c1-16(9-2-3-10-11(6-9)26-5-4-25-10)14(23)20(15(24)19-16)8-13(22)18-7-12(17)21/h2-3,6H,4-5,7-8H2,1H3,(H2,17,21)(H,18,22)(H,19,24)/t16-/m0/s1. The Hall–Kier alpha value is -3.30. The summed E-state index contributed by atoms with van der Waals surface area (Å²) in [6.07, 6.45) is 0. The molecular formula is C16H18N4O6. The van der Waals surface area contributed by atoms with E-state index in [1.54, 1.807) is 25.1 Å². The molecule has 0 aliphatic carbocycles. The monoisotopic (exact) mass is 362 g/mol. The van der Waals surface area contributed by atoms with Crippen molar-refractivity contribution in [1.29, 1.82) is 0 Å². The third-order valence-electron chi connectivity index (χ3n) is 4.16. The van der Waals surface area contributed by atoms with Crippen LogP contribution in [0.4, 0.5) is 4.79 Å². The summed E-state index contributed by atoms with van der Waals surface area (Å²) < 4.78 is 10.9. The second-order valence-electron chi connectivity index (χ2n) is 6.05. The summed E-state index contributed by atoms with van der Waals surface area (Å²) in [4.78, 5) is 48.3. The number of nitrogens with two attached hydrogens (primary N) is 1. The number of amides is 5. The molecule has 2 aliphatic heterocycles. The molecule has 0 bridgehead atoms. The molecule has 2 aliphatic rings. The van der Waals surface area contributed by atoms with Crippen LogP contribution in [0.3, 0.4) is 0 Å². The lowest BCUT2D eigenvalue weighted by Gasteiger charge is -2.25. The zero-order chi connectivity index (χ0) is 18.9. The maximum atomic E-state index is 12.8. The quantitative estimate of drug-likeness (QED) is 0.564. The predicted molar refractivity (Wildman–Crippen MR) is 87.2 cm³/mol. The zero-order valence-electron chi connectivity index (χ0n) is 14.0. The largest absolute Gasteiger partial charge is 0.486 e. The number of ether oxygens (including phenoxy) is 2. The number of primary amides is 1. The number of benzene rings is 1. The number of fused-ring (bicyclic) bond motifs is 1. The van der Waals surface area contributed by atoms with Crippen LogP contribution in [0.15, 0.2) is 18.2 Å². The normalized spacial score (nSPS) is 21.3. The van der Waals surface area contributed by atoms with Crippen LogP contribution in [0.25, 0.3) is 0 Å². The van der Waals surface area contributed by atoms with Gasteiger partial charge in [-0.2, -0.15) is 0 Å². The van der Waals surface area contributed by atoms with E-state index >= 15 is 0 Å². The number of rotatable bonds is 5. The summed E-state index contributed by atoms with van der Waals surface area (Å²) in [5.74, 6) is -0.943. The maximum absolute atomic E-state index is 12.8. The number of carbonyl (C=O) groups excluding carboxylic acids is 4. The van der Waals surface area contributed by atoms with E-state index in [1.807, 2.05) is 0 Å². The van der Waals surface area contributed by atoms with Gasteiger partial charge in [0.25, 0.3) is 5.91 Å². The Kier molecular flexibility index (Phi) is 4.41. The van der Waals surface area contributed by atoms with Crippen molar-refractivity contribution in [2.24, 2.45) is 5.73 Å². The summed E-state index contributed by atoms with van der Waals surface area (Å²) in [5, 5.41) is 4.83. The van der Waals surface area contributed by atoms with Crippen molar-refractivity contribution in [3.05, 3.63) is 23.8 Å². The average molecular weight is 362 g/mol. The van der Waals surface area contributed by atoms with Gasteiger partial charge in [0.1, 0.15) is 25.3 Å². The minimum atomic E-state index is -1.35. The average Bonchev–Trinajstić information content (AvgIpc) is 2.83. The molecule has 10 heteroatoms. The van der Waals surface area contributed by atoms with Crippen molar-refractivity contribution >= 4 is 23.8 Å². The first-order chi connectivity index (χ1) is 12.3. The fraction of sp³-hybridized carbons (Fsp3) is 0.375. The lowest BCUT2D eigenvalue weighted by molar-refractivity contribution is -0.135. The lowest BCUT2D eigenvalue weighted by atomic mass is 9.91. The molecule has 2 heterocycles. The van der Waals surface area contributed by atoms with Gasteiger partial charge in [-0.05, 0) is 24.6 Å². The van der Waals surface area contributed by atoms with Crippen LogP contribution in [-0.4, -0.2) is 55.0 Å². The summed E-state index contributed by atoms with van der Waals surface area (Å²) in [6, 6.07) is 4.24. The van der Waals surface area contributed by atoms with Gasteiger partial charge in [-0.1, -0.05) is 6.07 Å². The minimum Gasteiger partial charge on any atom is -0.486 e. The Morgan fingerprint density at radius 2 is 1.96 bits per heavy atom. The van der Waals surface area contributed by atoms with E-state index in [0.717, 1.165) is 4.90 Å². The SMILES string of the molecule is C[C@@]1(c2ccc3c(c2)OCCO3)NC(=O)N(CC(=O)NCC(N)=O)C1=O. The Morgan fingerprint density at radius 1 is 1.27 bits per heavy atom. The number of hydrogen-bond acceptors (Lipinski definition) is 6. The summed E-state index contributed by atoms with van der Waals surface area (Å²) >= 11 is 0. The molecule has 0 aromatic heterocycles. The molecule has 4 N–H and O–H groups in total. The van der Waals surface area contributed by atoms with Gasteiger partial charge < -0.3 is 25.8 Å². The molecule has 10 nitrogen and oxygen atoms in total. The highest BCUT2D eigenvalue weighted by atomic mass is 16.6. The van der Waals surface area contributed by atoms with Gasteiger partial charge in [0, 0.05) is 0 Å². The second kappa shape index (κ2) is 6.54. The molecule has 5 amide bonds. The second-order valence-corrected chi connectivity index (χ2v) is 6.05. The van der Waals surface area contributed by atoms with Crippen molar-refractivity contribution in [3.8, 4) is 11.5 Å². The molecule has 1 saturated heterocycles. The Balaban J connectivity index is 1.78. The highest BCUT2D eigenvalue weighted by molar-refractivity contribution is 6.09. The highest BCUT2D eigenvalue weighted by Crippen LogP contribution is 2.36. The third kappa shape index (κ3) is 3.13. The zero-order valence-corrected chi connectivity index (χ0v) is 14.0. The first kappa shape index (κ1) is 17.5. The van der Waals surface area contributed by atoms with Crippen LogP contribution in [0.2, 0.25) is 0 Å². The van der Waals surface area contributed by atoms with Crippen molar-refractivity contribution < 1.29 is 28.7 Å². The number of imide groups is 1. The van der Waals surface area contributed by atoms with Crippen LogP contribution >= 0.6 is 0 Å². The fourth-order valence-electron chi connectivity index (χ4n) is 2.78. The van der Waals surface area contributed by atoms with Gasteiger partial charge in [0.15, 0.2) is 11.5 Å². The predicted octanol–water partition coefficient (Wildman–Crippen LogP) is -1.17. The molecule has 0 unspecified atom stereocenters. The molecule has 0 radical (unpaired) electrons. The first-order valence-electron chi connectivity index (χ1n) is 7.90. The fourth-order valence-corrected chi connectivity index (χ4v) is 2.78. The third-order valence-corrected chi connectivity index (χ3v) is 4.16. The van der Waals surface area contributed by atoms with Crippen molar-refractivity contribution in [1.82, 2.24) is 15.5 Å². The van der Waals surface area contributed by atoms with Gasteiger partial charge in [-0.15, -0.1) is 0 Å². The number of hydrogen-bond donors (Lipinski definition) is 3. The summed E-state index contributed by atoms with van der Waals surface area (Å²) in [7, 11) is 0. The van der Waals surface area contributed by atoms with Crippen LogP contribution in [0, 0.1) is 0 Å². The lowest BCUT2D eigenvalue weighted by Crippen LogP contribution is -2.44. The van der Waals surface area contributed by atoms with Crippen molar-refractivity contribution in [2.75, 3.05) is 26.3 Å². The summed E-state index contributed by atoms with van der Waals surface area (Å²) in [5.41, 5.74) is 4.09. The number of nitrogens with one attached hydrogen (secondary N) is 2. The highest BCUT2D eigenvalue weighted by Gasteiger charge is 2.49. The Morgan fingerprint density at radius 3 is 2.65 bits per heavy atom. The number of urea groups is 1. The number of nitrogens with zero attached hydrogens (tertiary/aromatic N) is 1. The van der Waals surface area contributed by atoms with Crippen molar-refractivity contribution in [2.45, 2.75) is 12.5 Å². The van der Waals surface area contributed by atoms with Gasteiger partial charge in [-0.3, -0.25) is 19.3 Å². The minimum absolute atomic E-state index is 0.373. The molecule has 1 aromatic rings. The van der Waals surface area contributed by atoms with E-state index in [1.165, 1.54) is 0 Å². The van der Waals surface area contributed by atoms with E-state index in [-0.39, 0.29) is 6.54 Å². The molecule has 0 saturated carbocycles. The molecule has 1 atom stereocenters. The molecule has 3 rings (SSSR count). The van der Waals surface area contributed by atoms with E-state index in [4.69, 9.17) is 15.2 Å². The molecule has 1 fully saturated rings. The number of carbonyl (C=O) groups is 4. The van der Waals surface area contributed by atoms with E-state index in [9.17, 15) is 19.2 Å². The molecule has 138 valence electrons. The van der Waals surface area contributed by atoms with Crippen LogP contribution in [-0.2, 0) is 19.9 Å². The van der Waals surface area contributed by atoms with Gasteiger partial charge in [-0.25, -0.2) is 4.79 Å². The summed E-state index contributed by atoms with van der Waals surface area (Å²) in [6.45, 7) is 1.48. The van der Waals surface area contributed by atoms with Crippen LogP contribution in [0.5, 0.6) is 11.5 Å². The van der Waals surface area contributed by atoms with Crippen LogP contribution < -0.4 is 25.8 Å². The molecule has 26 heavy (non-hydrogen) atoms. The van der Waals surface area contributed by atoms with E-state index in [0.29, 0.717) is 30.3 Å². The van der Waals surface area contributed by atoms with Crippen molar-refractivity contribution in [3.63, 3.8) is 0 Å². The van der Waals surface area contributed by atoms with Crippen LogP contribution in [0.1, 0.15) is 12.5 Å². The molecule has 0 spiro atoms. The molecule has 1 aromatic carbocycles.